The fourth-order valence-corrected chi connectivity index (χ4v) is 4.31. The molecule has 134 valence electrons. The molecule has 2 N–H and O–H groups in total. The van der Waals surface area contributed by atoms with E-state index in [2.05, 4.69) is 23.1 Å². The van der Waals surface area contributed by atoms with Gasteiger partial charge >= 0.3 is 0 Å². The highest BCUT2D eigenvalue weighted by Gasteiger charge is 2.54. The minimum atomic E-state index is -1.63. The van der Waals surface area contributed by atoms with Crippen LogP contribution in [0.4, 0.5) is 0 Å². The summed E-state index contributed by atoms with van der Waals surface area (Å²) >= 11 is 0. The molecular formula is C20H17N5O2. The van der Waals surface area contributed by atoms with E-state index in [0.29, 0.717) is 24.6 Å². The summed E-state index contributed by atoms with van der Waals surface area (Å²) < 4.78 is 10.9. The van der Waals surface area contributed by atoms with Gasteiger partial charge in [0.15, 0.2) is 16.9 Å². The third kappa shape index (κ3) is 2.28. The van der Waals surface area contributed by atoms with Gasteiger partial charge in [0.05, 0.1) is 23.4 Å². The minimum Gasteiger partial charge on any atom is -0.454 e. The van der Waals surface area contributed by atoms with Gasteiger partial charge in [-0.15, -0.1) is 0 Å². The maximum Gasteiger partial charge on any atom is 0.231 e. The fourth-order valence-electron chi connectivity index (χ4n) is 4.31. The molecule has 2 heterocycles. The molecule has 3 aliphatic rings. The van der Waals surface area contributed by atoms with Gasteiger partial charge in [-0.25, -0.2) is 0 Å². The molecule has 7 nitrogen and oxygen atoms in total. The number of ether oxygens (including phenoxy) is 2. The molecule has 0 amide bonds. The van der Waals surface area contributed by atoms with Crippen LogP contribution in [0.25, 0.3) is 0 Å². The monoisotopic (exact) mass is 359 g/mol. The summed E-state index contributed by atoms with van der Waals surface area (Å²) in [6, 6.07) is 11.8. The highest BCUT2D eigenvalue weighted by Crippen LogP contribution is 2.54. The minimum absolute atomic E-state index is 0.0321. The molecule has 1 aromatic rings. The first-order valence-corrected chi connectivity index (χ1v) is 8.57. The Morgan fingerprint density at radius 3 is 2.63 bits per heavy atom. The summed E-state index contributed by atoms with van der Waals surface area (Å²) in [4.78, 5) is 2.10. The molecule has 4 rings (SSSR count). The Balaban J connectivity index is 1.98. The van der Waals surface area contributed by atoms with Crippen molar-refractivity contribution in [1.29, 1.82) is 15.8 Å². The standard InChI is InChI=1S/C20H17N5O2/c1-25-5-4-13-14(7-21)19(24)20(9-22,10-23)18(15(13)8-25)12-2-3-16-17(6-12)27-11-26-16/h2-4,6,15,18H,5,8,11,24H2,1H3/t15-,18+/m1/s1. The van der Waals surface area contributed by atoms with Gasteiger partial charge in [-0.05, 0) is 30.3 Å². The van der Waals surface area contributed by atoms with Crippen molar-refractivity contribution in [3.8, 4) is 29.7 Å². The summed E-state index contributed by atoms with van der Waals surface area (Å²) in [5.74, 6) is 0.492. The van der Waals surface area contributed by atoms with Crippen LogP contribution in [-0.2, 0) is 0 Å². The van der Waals surface area contributed by atoms with E-state index in [0.717, 1.165) is 11.1 Å². The van der Waals surface area contributed by atoms with Gasteiger partial charge in [-0.1, -0.05) is 12.1 Å². The molecule has 0 spiro atoms. The second kappa shape index (κ2) is 6.06. The van der Waals surface area contributed by atoms with Crippen molar-refractivity contribution in [1.82, 2.24) is 4.90 Å². The lowest BCUT2D eigenvalue weighted by atomic mass is 9.58. The zero-order valence-corrected chi connectivity index (χ0v) is 14.8. The Hall–Kier alpha value is -3.47. The topological polar surface area (TPSA) is 119 Å². The molecule has 0 saturated carbocycles. The maximum atomic E-state index is 10.0. The van der Waals surface area contributed by atoms with E-state index in [1.54, 1.807) is 6.07 Å². The van der Waals surface area contributed by atoms with Crippen molar-refractivity contribution in [2.24, 2.45) is 17.1 Å². The highest BCUT2D eigenvalue weighted by molar-refractivity contribution is 5.60. The molecule has 1 aliphatic carbocycles. The molecule has 2 atom stereocenters. The van der Waals surface area contributed by atoms with Crippen LogP contribution < -0.4 is 15.2 Å². The Kier molecular flexibility index (Phi) is 3.81. The van der Waals surface area contributed by atoms with Crippen LogP contribution in [0.5, 0.6) is 11.5 Å². The van der Waals surface area contributed by atoms with Gasteiger partial charge in [0.25, 0.3) is 0 Å². The molecule has 0 unspecified atom stereocenters. The van der Waals surface area contributed by atoms with Crippen molar-refractivity contribution >= 4 is 0 Å². The quantitative estimate of drug-likeness (QED) is 0.811. The number of nitrogens with zero attached hydrogens (tertiary/aromatic N) is 4. The number of fused-ring (bicyclic) bond motifs is 2. The number of hydrogen-bond donors (Lipinski definition) is 1. The van der Waals surface area contributed by atoms with E-state index in [1.807, 2.05) is 25.3 Å². The van der Waals surface area contributed by atoms with Gasteiger partial charge in [0.2, 0.25) is 6.79 Å². The van der Waals surface area contributed by atoms with Crippen LogP contribution in [0.3, 0.4) is 0 Å². The van der Waals surface area contributed by atoms with Gasteiger partial charge in [-0.3, -0.25) is 0 Å². The SMILES string of the molecule is CN1CC=C2C(C#N)=C(N)C(C#N)(C#N)[C@@H](c3ccc4c(c3)OCO4)[C@@H]2C1. The van der Waals surface area contributed by atoms with E-state index < -0.39 is 11.3 Å². The highest BCUT2D eigenvalue weighted by atomic mass is 16.7. The van der Waals surface area contributed by atoms with Gasteiger partial charge < -0.3 is 20.1 Å². The van der Waals surface area contributed by atoms with Crippen LogP contribution in [0, 0.1) is 45.3 Å². The molecular weight excluding hydrogens is 342 g/mol. The van der Waals surface area contributed by atoms with E-state index in [9.17, 15) is 15.8 Å². The Labute approximate surface area is 157 Å². The lowest BCUT2D eigenvalue weighted by Crippen LogP contribution is -2.47. The Morgan fingerprint density at radius 2 is 1.93 bits per heavy atom. The molecule has 0 radical (unpaired) electrons. The smallest absolute Gasteiger partial charge is 0.231 e. The van der Waals surface area contributed by atoms with Crippen molar-refractivity contribution < 1.29 is 9.47 Å². The van der Waals surface area contributed by atoms with E-state index in [4.69, 9.17) is 15.2 Å². The summed E-state index contributed by atoms with van der Waals surface area (Å²) in [6.07, 6.45) is 1.97. The zero-order chi connectivity index (χ0) is 19.2. The molecule has 7 heteroatoms. The van der Waals surface area contributed by atoms with Crippen LogP contribution in [0.2, 0.25) is 0 Å². The van der Waals surface area contributed by atoms with Crippen LogP contribution in [-0.4, -0.2) is 31.8 Å². The van der Waals surface area contributed by atoms with Gasteiger partial charge in [-0.2, -0.15) is 15.8 Å². The van der Waals surface area contributed by atoms with Gasteiger partial charge in [0.1, 0.15) is 6.07 Å². The fraction of sp³-hybridized carbons (Fsp3) is 0.350. The number of nitriles is 3. The molecule has 0 fully saturated rings. The largest absolute Gasteiger partial charge is 0.454 e. The number of likely N-dealkylation sites (N-methyl/N-ethyl adjacent to an activating group) is 1. The Morgan fingerprint density at radius 1 is 1.19 bits per heavy atom. The zero-order valence-electron chi connectivity index (χ0n) is 14.8. The molecule has 2 aliphatic heterocycles. The van der Waals surface area contributed by atoms with E-state index in [1.165, 1.54) is 0 Å². The Bertz CT molecular complexity index is 991. The van der Waals surface area contributed by atoms with Crippen molar-refractivity contribution in [2.75, 3.05) is 26.9 Å². The number of hydrogen-bond acceptors (Lipinski definition) is 7. The van der Waals surface area contributed by atoms with Gasteiger partial charge in [0, 0.05) is 24.9 Å². The third-order valence-corrected chi connectivity index (χ3v) is 5.60. The molecule has 0 bridgehead atoms. The molecule has 0 aromatic heterocycles. The second-order valence-corrected chi connectivity index (χ2v) is 7.01. The first-order chi connectivity index (χ1) is 13.1. The summed E-state index contributed by atoms with van der Waals surface area (Å²) in [7, 11) is 1.97. The first-order valence-electron chi connectivity index (χ1n) is 8.57. The summed E-state index contributed by atoms with van der Waals surface area (Å²) in [5.41, 5.74) is 6.53. The average molecular weight is 359 g/mol. The van der Waals surface area contributed by atoms with Crippen molar-refractivity contribution in [3.63, 3.8) is 0 Å². The molecule has 1 aromatic carbocycles. The maximum absolute atomic E-state index is 10.0. The molecule has 0 saturated heterocycles. The molecule has 27 heavy (non-hydrogen) atoms. The average Bonchev–Trinajstić information content (AvgIpc) is 3.15. The van der Waals surface area contributed by atoms with Crippen LogP contribution in [0.1, 0.15) is 11.5 Å². The number of rotatable bonds is 1. The normalized spacial score (nSPS) is 25.6. The number of nitrogens with two attached hydrogens (primary N) is 1. The predicted molar refractivity (Wildman–Crippen MR) is 94.9 cm³/mol. The van der Waals surface area contributed by atoms with Crippen LogP contribution in [0.15, 0.2) is 41.1 Å². The number of allylic oxidation sites excluding steroid dienone is 2. The lowest BCUT2D eigenvalue weighted by Gasteiger charge is -2.45. The van der Waals surface area contributed by atoms with E-state index >= 15 is 0 Å². The van der Waals surface area contributed by atoms with Crippen LogP contribution >= 0.6 is 0 Å². The summed E-state index contributed by atoms with van der Waals surface area (Å²) in [5, 5.41) is 29.7. The third-order valence-electron chi connectivity index (χ3n) is 5.60. The van der Waals surface area contributed by atoms with Crippen molar-refractivity contribution in [2.45, 2.75) is 5.92 Å². The number of benzene rings is 1. The first kappa shape index (κ1) is 17.0. The lowest BCUT2D eigenvalue weighted by molar-refractivity contribution is 0.174. The van der Waals surface area contributed by atoms with E-state index in [-0.39, 0.29) is 24.0 Å². The van der Waals surface area contributed by atoms with Crippen molar-refractivity contribution in [3.05, 3.63) is 46.7 Å². The summed E-state index contributed by atoms with van der Waals surface area (Å²) in [6.45, 7) is 1.45. The predicted octanol–water partition coefficient (Wildman–Crippen LogP) is 1.77. The second-order valence-electron chi connectivity index (χ2n) is 7.01.